The number of aryl methyl sites for hydroxylation is 2. The molecule has 0 bridgehead atoms. The molecule has 2 N–H and O–H groups in total. The lowest BCUT2D eigenvalue weighted by molar-refractivity contribution is -0.139. The Morgan fingerprint density at radius 1 is 1.30 bits per heavy atom. The fourth-order valence-electron chi connectivity index (χ4n) is 2.67. The Hall–Kier alpha value is -2.11. The molecular weight excluding hydrogens is 301 g/mol. The molecule has 0 fully saturated rings. The van der Waals surface area contributed by atoms with Crippen LogP contribution in [-0.2, 0) is 28.8 Å². The number of carbonyl (C=O) groups is 2. The van der Waals surface area contributed by atoms with Gasteiger partial charge in [-0.15, -0.1) is 0 Å². The third kappa shape index (κ3) is 4.68. The summed E-state index contributed by atoms with van der Waals surface area (Å²) >= 11 is 0. The predicted molar refractivity (Wildman–Crippen MR) is 82.9 cm³/mol. The van der Waals surface area contributed by atoms with Gasteiger partial charge in [0.25, 0.3) is 0 Å². The van der Waals surface area contributed by atoms with Crippen LogP contribution in [0.3, 0.4) is 0 Å². The molecule has 6 heteroatoms. The minimum absolute atomic E-state index is 0.117. The highest BCUT2D eigenvalue weighted by Crippen LogP contribution is 2.25. The van der Waals surface area contributed by atoms with E-state index in [1.54, 1.807) is 26.8 Å². The highest BCUT2D eigenvalue weighted by molar-refractivity contribution is 5.80. The molecule has 0 heterocycles. The van der Waals surface area contributed by atoms with E-state index in [1.165, 1.54) is 6.07 Å². The first-order valence-corrected chi connectivity index (χ1v) is 7.68. The number of fused-ring (bicyclic) bond motifs is 1. The van der Waals surface area contributed by atoms with E-state index in [0.717, 1.165) is 30.4 Å². The van der Waals surface area contributed by atoms with Gasteiger partial charge in [-0.05, 0) is 62.8 Å². The molecule has 23 heavy (non-hydrogen) atoms. The molecule has 1 unspecified atom stereocenters. The van der Waals surface area contributed by atoms with Crippen molar-refractivity contribution in [2.24, 2.45) is 0 Å². The van der Waals surface area contributed by atoms with Gasteiger partial charge >= 0.3 is 12.1 Å². The molecule has 0 aliphatic heterocycles. The van der Waals surface area contributed by atoms with Gasteiger partial charge in [0, 0.05) is 6.42 Å². The van der Waals surface area contributed by atoms with Crippen molar-refractivity contribution in [1.82, 2.24) is 5.32 Å². The number of alkyl carbamates (subject to hydrolysis) is 1. The maximum atomic E-state index is 14.1. The van der Waals surface area contributed by atoms with Crippen LogP contribution >= 0.6 is 0 Å². The highest BCUT2D eigenvalue weighted by atomic mass is 19.1. The van der Waals surface area contributed by atoms with E-state index in [4.69, 9.17) is 4.74 Å². The zero-order valence-corrected chi connectivity index (χ0v) is 13.6. The van der Waals surface area contributed by atoms with Gasteiger partial charge in [-0.1, -0.05) is 6.07 Å². The number of carboxylic acids is 1. The largest absolute Gasteiger partial charge is 0.480 e. The number of amides is 1. The summed E-state index contributed by atoms with van der Waals surface area (Å²) in [5.41, 5.74) is 1.61. The van der Waals surface area contributed by atoms with E-state index < -0.39 is 29.5 Å². The van der Waals surface area contributed by atoms with Gasteiger partial charge in [-0.2, -0.15) is 0 Å². The summed E-state index contributed by atoms with van der Waals surface area (Å²) < 4.78 is 19.2. The van der Waals surface area contributed by atoms with Crippen LogP contribution in [0.25, 0.3) is 0 Å². The Kier molecular flexibility index (Phi) is 4.92. The monoisotopic (exact) mass is 323 g/mol. The number of hydrogen-bond donors (Lipinski definition) is 2. The van der Waals surface area contributed by atoms with Gasteiger partial charge in [0.2, 0.25) is 0 Å². The normalized spacial score (nSPS) is 15.0. The van der Waals surface area contributed by atoms with Gasteiger partial charge in [0.05, 0.1) is 0 Å². The summed E-state index contributed by atoms with van der Waals surface area (Å²) in [4.78, 5) is 23.1. The Bertz CT molecular complexity index is 622. The Labute approximate surface area is 134 Å². The van der Waals surface area contributed by atoms with Crippen molar-refractivity contribution >= 4 is 12.1 Å². The second-order valence-electron chi connectivity index (χ2n) is 6.81. The second-order valence-corrected chi connectivity index (χ2v) is 6.81. The number of aliphatic carboxylic acids is 1. The number of hydrogen-bond acceptors (Lipinski definition) is 3. The first-order valence-electron chi connectivity index (χ1n) is 7.68. The van der Waals surface area contributed by atoms with E-state index in [1.807, 2.05) is 0 Å². The van der Waals surface area contributed by atoms with E-state index in [9.17, 15) is 19.1 Å². The number of halogens is 1. The summed E-state index contributed by atoms with van der Waals surface area (Å²) in [6.07, 6.45) is 1.77. The Balaban J connectivity index is 2.11. The topological polar surface area (TPSA) is 75.6 Å². The quantitative estimate of drug-likeness (QED) is 0.893. The number of nitrogens with one attached hydrogen (secondary N) is 1. The number of carbonyl (C=O) groups excluding carboxylic acids is 1. The minimum Gasteiger partial charge on any atom is -0.480 e. The molecule has 1 amide bonds. The van der Waals surface area contributed by atoms with Crippen LogP contribution < -0.4 is 5.32 Å². The molecule has 1 aliphatic carbocycles. The molecule has 0 aromatic heterocycles. The van der Waals surface area contributed by atoms with Gasteiger partial charge in [-0.25, -0.2) is 14.0 Å². The SMILES string of the molecule is CC(C)(C)OC(=O)NC(Cc1cc2c(cc1F)CCC2)C(=O)O. The van der Waals surface area contributed by atoms with Crippen LogP contribution in [0.5, 0.6) is 0 Å². The van der Waals surface area contributed by atoms with Crippen molar-refractivity contribution in [3.63, 3.8) is 0 Å². The number of rotatable bonds is 4. The van der Waals surface area contributed by atoms with E-state index in [0.29, 0.717) is 5.56 Å². The molecule has 126 valence electrons. The van der Waals surface area contributed by atoms with Crippen LogP contribution in [0.1, 0.15) is 43.9 Å². The fraction of sp³-hybridized carbons (Fsp3) is 0.529. The third-order valence-electron chi connectivity index (χ3n) is 3.67. The van der Waals surface area contributed by atoms with Crippen LogP contribution in [0, 0.1) is 5.82 Å². The average molecular weight is 323 g/mol. The summed E-state index contributed by atoms with van der Waals surface area (Å²) in [5.74, 6) is -1.65. The van der Waals surface area contributed by atoms with Crippen LogP contribution in [0.15, 0.2) is 12.1 Å². The molecule has 2 rings (SSSR count). The van der Waals surface area contributed by atoms with E-state index in [2.05, 4.69) is 5.32 Å². The first kappa shape index (κ1) is 17.2. The summed E-state index contributed by atoms with van der Waals surface area (Å²) in [6, 6.07) is 1.95. The first-order chi connectivity index (χ1) is 10.7. The standard InChI is InChI=1S/C17H22FNO4/c1-17(2,3)23-16(22)19-14(15(20)21)9-12-7-10-5-4-6-11(10)8-13(12)18/h7-8,14H,4-6,9H2,1-3H3,(H,19,22)(H,20,21). The van der Waals surface area contributed by atoms with Crippen LogP contribution in [0.4, 0.5) is 9.18 Å². The van der Waals surface area contributed by atoms with Crippen LogP contribution in [-0.4, -0.2) is 28.8 Å². The average Bonchev–Trinajstić information content (AvgIpc) is 2.82. The molecule has 1 aromatic carbocycles. The zero-order chi connectivity index (χ0) is 17.2. The molecular formula is C17H22FNO4. The lowest BCUT2D eigenvalue weighted by Crippen LogP contribution is -2.44. The number of ether oxygens (including phenoxy) is 1. The van der Waals surface area contributed by atoms with Crippen LogP contribution in [0.2, 0.25) is 0 Å². The Morgan fingerprint density at radius 3 is 2.48 bits per heavy atom. The minimum atomic E-state index is -1.24. The molecule has 1 aliphatic rings. The lowest BCUT2D eigenvalue weighted by Gasteiger charge is -2.22. The molecule has 5 nitrogen and oxygen atoms in total. The fourth-order valence-corrected chi connectivity index (χ4v) is 2.67. The van der Waals surface area contributed by atoms with E-state index >= 15 is 0 Å². The van der Waals surface area contributed by atoms with Crippen molar-refractivity contribution in [3.05, 3.63) is 34.6 Å². The van der Waals surface area contributed by atoms with Gasteiger partial charge in [0.1, 0.15) is 17.5 Å². The maximum absolute atomic E-state index is 14.1. The highest BCUT2D eigenvalue weighted by Gasteiger charge is 2.26. The van der Waals surface area contributed by atoms with Crippen molar-refractivity contribution < 1.29 is 23.8 Å². The molecule has 1 atom stereocenters. The molecule has 0 spiro atoms. The lowest BCUT2D eigenvalue weighted by atomic mass is 10.00. The summed E-state index contributed by atoms with van der Waals surface area (Å²) in [6.45, 7) is 5.05. The van der Waals surface area contributed by atoms with Gasteiger partial charge in [-0.3, -0.25) is 0 Å². The van der Waals surface area contributed by atoms with Gasteiger partial charge in [0.15, 0.2) is 0 Å². The zero-order valence-electron chi connectivity index (χ0n) is 13.6. The second kappa shape index (κ2) is 6.56. The maximum Gasteiger partial charge on any atom is 0.408 e. The van der Waals surface area contributed by atoms with Crippen molar-refractivity contribution in [2.45, 2.75) is 58.1 Å². The van der Waals surface area contributed by atoms with Gasteiger partial charge < -0.3 is 15.2 Å². The summed E-state index contributed by atoms with van der Waals surface area (Å²) in [5, 5.41) is 11.6. The number of carboxylic acid groups (broad SMARTS) is 1. The third-order valence-corrected chi connectivity index (χ3v) is 3.67. The van der Waals surface area contributed by atoms with E-state index in [-0.39, 0.29) is 6.42 Å². The smallest absolute Gasteiger partial charge is 0.408 e. The molecule has 1 aromatic rings. The van der Waals surface area contributed by atoms with Crippen molar-refractivity contribution in [3.8, 4) is 0 Å². The molecule has 0 saturated carbocycles. The van der Waals surface area contributed by atoms with Crippen molar-refractivity contribution in [1.29, 1.82) is 0 Å². The molecule has 0 saturated heterocycles. The molecule has 0 radical (unpaired) electrons. The summed E-state index contributed by atoms with van der Waals surface area (Å²) in [7, 11) is 0. The Morgan fingerprint density at radius 2 is 1.91 bits per heavy atom. The predicted octanol–water partition coefficient (Wildman–Crippen LogP) is 2.83. The number of benzene rings is 1. The van der Waals surface area contributed by atoms with Crippen molar-refractivity contribution in [2.75, 3.05) is 0 Å².